The molecule has 1 fully saturated rings. The maximum atomic E-state index is 14.2. The molecule has 0 aromatic heterocycles. The molecule has 2 amide bonds. The number of anilines is 1. The summed E-state index contributed by atoms with van der Waals surface area (Å²) in [7, 11) is -3.28. The lowest BCUT2D eigenvalue weighted by Crippen LogP contribution is -2.52. The Morgan fingerprint density at radius 2 is 1.84 bits per heavy atom. The van der Waals surface area contributed by atoms with Crippen LogP contribution in [0.5, 0.6) is 5.75 Å². The zero-order valence-electron chi connectivity index (χ0n) is 25.0. The van der Waals surface area contributed by atoms with E-state index < -0.39 is 44.0 Å². The maximum absolute atomic E-state index is 14.2. The van der Waals surface area contributed by atoms with E-state index in [4.69, 9.17) is 16.3 Å². The van der Waals surface area contributed by atoms with Crippen molar-refractivity contribution >= 4 is 60.7 Å². The van der Waals surface area contributed by atoms with Gasteiger partial charge in [0.25, 0.3) is 15.7 Å². The Morgan fingerprint density at radius 3 is 2.49 bits per heavy atom. The lowest BCUT2D eigenvalue weighted by atomic mass is 10.1. The fourth-order valence-corrected chi connectivity index (χ4v) is 7.30. The number of hydrogen-bond donors (Lipinski definition) is 1. The smallest absolute Gasteiger partial charge is 0.273 e. The quantitative estimate of drug-likeness (QED) is 0.179. The van der Waals surface area contributed by atoms with Crippen LogP contribution in [0.3, 0.4) is 0 Å². The van der Waals surface area contributed by atoms with Crippen molar-refractivity contribution in [3.8, 4) is 5.75 Å². The Kier molecular flexibility index (Phi) is 11.1. The van der Waals surface area contributed by atoms with Crippen LogP contribution in [-0.2, 0) is 26.2 Å². The summed E-state index contributed by atoms with van der Waals surface area (Å²) in [5.74, 6) is -0.937. The first-order chi connectivity index (χ1) is 21.3. The fourth-order valence-electron chi connectivity index (χ4n) is 5.25. The van der Waals surface area contributed by atoms with Crippen LogP contribution in [0.4, 0.5) is 11.4 Å². The highest BCUT2D eigenvalue weighted by molar-refractivity contribution is 9.10. The number of methoxy groups -OCH3 is 1. The van der Waals surface area contributed by atoms with Crippen molar-refractivity contribution in [1.82, 2.24) is 10.2 Å². The lowest BCUT2D eigenvalue weighted by Gasteiger charge is -2.33. The van der Waals surface area contributed by atoms with Crippen molar-refractivity contribution in [2.24, 2.45) is 0 Å². The Morgan fingerprint density at radius 1 is 1.13 bits per heavy atom. The molecule has 45 heavy (non-hydrogen) atoms. The van der Waals surface area contributed by atoms with Gasteiger partial charge in [0.2, 0.25) is 11.8 Å². The molecule has 240 valence electrons. The van der Waals surface area contributed by atoms with Crippen molar-refractivity contribution in [2.75, 3.05) is 18.0 Å². The molecule has 0 bridgehead atoms. The highest BCUT2D eigenvalue weighted by Gasteiger charge is 2.35. The van der Waals surface area contributed by atoms with Crippen LogP contribution in [0, 0.1) is 17.0 Å². The number of hydrogen-bond acceptors (Lipinski definition) is 7. The second kappa shape index (κ2) is 14.6. The van der Waals surface area contributed by atoms with Crippen LogP contribution < -0.4 is 14.4 Å². The van der Waals surface area contributed by atoms with Gasteiger partial charge < -0.3 is 15.0 Å². The van der Waals surface area contributed by atoms with Gasteiger partial charge >= 0.3 is 0 Å². The number of nitrogens with one attached hydrogen (secondary N) is 1. The molecule has 0 spiro atoms. The van der Waals surface area contributed by atoms with Crippen molar-refractivity contribution in [3.63, 3.8) is 0 Å². The van der Waals surface area contributed by atoms with E-state index in [9.17, 15) is 28.1 Å². The Bertz CT molecular complexity index is 1700. The van der Waals surface area contributed by atoms with E-state index in [1.807, 2.05) is 12.1 Å². The first kappa shape index (κ1) is 34.2. The van der Waals surface area contributed by atoms with Crippen LogP contribution >= 0.6 is 27.5 Å². The largest absolute Gasteiger partial charge is 0.495 e. The second-order valence-electron chi connectivity index (χ2n) is 10.9. The number of ether oxygens (including phenoxy) is 1. The third kappa shape index (κ3) is 8.13. The molecule has 0 heterocycles. The van der Waals surface area contributed by atoms with E-state index in [0.29, 0.717) is 5.56 Å². The number of nitrogens with zero attached hydrogens (tertiary/aromatic N) is 3. The summed E-state index contributed by atoms with van der Waals surface area (Å²) in [6, 6.07) is 14.1. The molecule has 1 atom stereocenters. The number of benzene rings is 3. The minimum atomic E-state index is -4.61. The summed E-state index contributed by atoms with van der Waals surface area (Å²) in [5.41, 5.74) is 0.535. The molecular weight excluding hydrogens is 688 g/mol. The molecule has 1 unspecified atom stereocenters. The lowest BCUT2D eigenvalue weighted by molar-refractivity contribution is -0.385. The number of aryl methyl sites for hydroxylation is 1. The molecule has 1 saturated carbocycles. The van der Waals surface area contributed by atoms with E-state index in [0.717, 1.165) is 40.5 Å². The Balaban J connectivity index is 1.79. The topological polar surface area (TPSA) is 139 Å². The molecule has 11 nitrogen and oxygen atoms in total. The summed E-state index contributed by atoms with van der Waals surface area (Å²) < 4.78 is 35.5. The van der Waals surface area contributed by atoms with Gasteiger partial charge in [-0.1, -0.05) is 58.6 Å². The Labute approximate surface area is 275 Å². The van der Waals surface area contributed by atoms with Gasteiger partial charge in [0.05, 0.1) is 22.6 Å². The normalized spacial score (nSPS) is 14.1. The SMILES string of the molecule is COc1ccc(Cl)cc1N(CC(=O)N(Cc1cccc(Br)c1)C(C)C(=O)NC1CCCC1)S(=O)(=O)c1ccc(C)c([N+](=O)[O-])c1. The van der Waals surface area contributed by atoms with Gasteiger partial charge in [0.1, 0.15) is 18.3 Å². The van der Waals surface area contributed by atoms with Crippen molar-refractivity contribution in [2.45, 2.75) is 63.1 Å². The predicted molar refractivity (Wildman–Crippen MR) is 175 cm³/mol. The first-order valence-corrected chi connectivity index (χ1v) is 16.9. The second-order valence-corrected chi connectivity index (χ2v) is 14.1. The summed E-state index contributed by atoms with van der Waals surface area (Å²) in [6.45, 7) is 2.35. The summed E-state index contributed by atoms with van der Waals surface area (Å²) in [6.07, 6.45) is 3.71. The monoisotopic (exact) mass is 720 g/mol. The fraction of sp³-hybridized carbons (Fsp3) is 0.355. The molecule has 1 aliphatic carbocycles. The van der Waals surface area contributed by atoms with Crippen LogP contribution in [0.15, 0.2) is 70.0 Å². The van der Waals surface area contributed by atoms with Crippen LogP contribution in [-0.4, -0.2) is 55.8 Å². The predicted octanol–water partition coefficient (Wildman–Crippen LogP) is 6.00. The molecule has 3 aromatic rings. The Hall–Kier alpha value is -3.68. The summed E-state index contributed by atoms with van der Waals surface area (Å²) in [5, 5.41) is 14.9. The molecule has 14 heteroatoms. The molecule has 0 radical (unpaired) electrons. The van der Waals surface area contributed by atoms with E-state index in [2.05, 4.69) is 21.2 Å². The molecule has 1 aliphatic rings. The number of nitro benzene ring substituents is 1. The third-order valence-electron chi connectivity index (χ3n) is 7.76. The van der Waals surface area contributed by atoms with E-state index in [-0.39, 0.29) is 40.5 Å². The van der Waals surface area contributed by atoms with Crippen LogP contribution in [0.2, 0.25) is 5.02 Å². The molecule has 4 rings (SSSR count). The van der Waals surface area contributed by atoms with Gasteiger partial charge in [-0.05, 0) is 68.7 Å². The number of amides is 2. The number of carbonyl (C=O) groups excluding carboxylic acids is 2. The van der Waals surface area contributed by atoms with E-state index in [1.165, 1.54) is 49.3 Å². The molecule has 3 aromatic carbocycles. The minimum Gasteiger partial charge on any atom is -0.495 e. The van der Waals surface area contributed by atoms with E-state index in [1.54, 1.807) is 19.1 Å². The highest BCUT2D eigenvalue weighted by Crippen LogP contribution is 2.36. The standard InChI is InChI=1S/C31H34BrClN4O7S/c1-20-11-13-26(17-27(20)37(40)41)45(42,43)36(28-16-24(33)12-14-29(28)44-3)19-30(38)35(18-22-7-6-8-23(32)15-22)21(2)31(39)34-25-9-4-5-10-25/h6-8,11-17,21,25H,4-5,9-10,18-19H2,1-3H3,(H,34,39). The highest BCUT2D eigenvalue weighted by atomic mass is 79.9. The van der Waals surface area contributed by atoms with E-state index >= 15 is 0 Å². The van der Waals surface area contributed by atoms with Crippen LogP contribution in [0.25, 0.3) is 0 Å². The van der Waals surface area contributed by atoms with Crippen LogP contribution in [0.1, 0.15) is 43.7 Å². The maximum Gasteiger partial charge on any atom is 0.273 e. The van der Waals surface area contributed by atoms with Crippen molar-refractivity contribution in [1.29, 1.82) is 0 Å². The van der Waals surface area contributed by atoms with Gasteiger partial charge in [-0.3, -0.25) is 24.0 Å². The molecular formula is C31H34BrClN4O7S. The van der Waals surface area contributed by atoms with Gasteiger partial charge in [0, 0.05) is 33.7 Å². The zero-order chi connectivity index (χ0) is 32.9. The first-order valence-electron chi connectivity index (χ1n) is 14.3. The number of sulfonamides is 1. The van der Waals surface area contributed by atoms with Crippen molar-refractivity contribution < 1.29 is 27.7 Å². The molecule has 0 aliphatic heterocycles. The molecule has 1 N–H and O–H groups in total. The zero-order valence-corrected chi connectivity index (χ0v) is 28.2. The summed E-state index contributed by atoms with van der Waals surface area (Å²) in [4.78, 5) is 39.6. The summed E-state index contributed by atoms with van der Waals surface area (Å²) >= 11 is 9.71. The number of nitro groups is 1. The number of rotatable bonds is 12. The molecule has 0 saturated heterocycles. The minimum absolute atomic E-state index is 0.00713. The van der Waals surface area contributed by atoms with Gasteiger partial charge in [-0.15, -0.1) is 0 Å². The van der Waals surface area contributed by atoms with Gasteiger partial charge in [0.15, 0.2) is 0 Å². The van der Waals surface area contributed by atoms with Gasteiger partial charge in [-0.25, -0.2) is 8.42 Å². The average molecular weight is 722 g/mol. The number of halogens is 2. The van der Waals surface area contributed by atoms with Crippen molar-refractivity contribution in [3.05, 3.63) is 91.4 Å². The average Bonchev–Trinajstić information content (AvgIpc) is 3.51. The van der Waals surface area contributed by atoms with Gasteiger partial charge in [-0.2, -0.15) is 0 Å². The third-order valence-corrected chi connectivity index (χ3v) is 10.2. The number of carbonyl (C=O) groups is 2.